The van der Waals surface area contributed by atoms with E-state index >= 15 is 0 Å². The smallest absolute Gasteiger partial charge is 0.244 e. The number of rotatable bonds is 2. The molecule has 0 radical (unpaired) electrons. The molecule has 3 nitrogen and oxygen atoms in total. The first-order chi connectivity index (χ1) is 9.16. The topological polar surface area (TPSA) is 32.3 Å². The molecule has 3 aliphatic rings. The summed E-state index contributed by atoms with van der Waals surface area (Å²) in [4.78, 5) is 15.1. The van der Waals surface area contributed by atoms with E-state index in [4.69, 9.17) is 0 Å². The van der Waals surface area contributed by atoms with Crippen LogP contribution in [0.1, 0.15) is 71.6 Å². The fraction of sp³-hybridized carbons (Fsp3) is 0.938. The minimum atomic E-state index is -0.180. The second-order valence-electron chi connectivity index (χ2n) is 6.90. The van der Waals surface area contributed by atoms with Crippen LogP contribution in [0, 0.1) is 5.92 Å². The molecule has 1 N–H and O–H groups in total. The van der Waals surface area contributed by atoms with Crippen molar-refractivity contribution in [2.45, 2.75) is 89.4 Å². The fourth-order valence-corrected chi connectivity index (χ4v) is 4.60. The molecule has 0 aromatic heterocycles. The summed E-state index contributed by atoms with van der Waals surface area (Å²) in [7, 11) is 0. The van der Waals surface area contributed by atoms with Crippen molar-refractivity contribution in [3.05, 3.63) is 0 Å². The molecule has 0 aromatic rings. The van der Waals surface area contributed by atoms with E-state index in [0.29, 0.717) is 11.9 Å². The summed E-state index contributed by atoms with van der Waals surface area (Å²) in [5.41, 5.74) is -0.180. The Labute approximate surface area is 117 Å². The number of carbonyl (C=O) groups excluding carboxylic acids is 1. The van der Waals surface area contributed by atoms with Crippen LogP contribution in [0.15, 0.2) is 0 Å². The Hall–Kier alpha value is -0.570. The standard InChI is InChI=1S/C16H28N2O/c1-3-13-6-8-14(9-7-13)18-12(2)17-16(15(18)19)10-4-5-11-16/h12-14,17H,3-11H2,1-2H3. The third kappa shape index (κ3) is 2.20. The molecular formula is C16H28N2O. The van der Waals surface area contributed by atoms with Crippen LogP contribution in [0.5, 0.6) is 0 Å². The number of hydrogen-bond donors (Lipinski definition) is 1. The van der Waals surface area contributed by atoms with Crippen LogP contribution in [-0.4, -0.2) is 28.6 Å². The van der Waals surface area contributed by atoms with Gasteiger partial charge in [-0.05, 0) is 51.4 Å². The summed E-state index contributed by atoms with van der Waals surface area (Å²) >= 11 is 0. The average Bonchev–Trinajstić information content (AvgIpc) is 2.97. The first kappa shape index (κ1) is 13.4. The van der Waals surface area contributed by atoms with Crippen LogP contribution in [0.4, 0.5) is 0 Å². The third-order valence-electron chi connectivity index (χ3n) is 5.79. The Balaban J connectivity index is 1.69. The SMILES string of the molecule is CCC1CCC(N2C(=O)C3(CCCC3)NC2C)CC1. The summed E-state index contributed by atoms with van der Waals surface area (Å²) in [6.45, 7) is 4.47. The van der Waals surface area contributed by atoms with E-state index in [1.54, 1.807) is 0 Å². The zero-order valence-electron chi connectivity index (χ0n) is 12.5. The van der Waals surface area contributed by atoms with Crippen molar-refractivity contribution in [2.24, 2.45) is 5.92 Å². The van der Waals surface area contributed by atoms with Crippen LogP contribution in [0.3, 0.4) is 0 Å². The van der Waals surface area contributed by atoms with Gasteiger partial charge in [0, 0.05) is 6.04 Å². The molecule has 2 aliphatic carbocycles. The number of carbonyl (C=O) groups is 1. The monoisotopic (exact) mass is 264 g/mol. The summed E-state index contributed by atoms with van der Waals surface area (Å²) in [6.07, 6.45) is 11.1. The lowest BCUT2D eigenvalue weighted by molar-refractivity contribution is -0.136. The normalized spacial score (nSPS) is 38.3. The van der Waals surface area contributed by atoms with Crippen LogP contribution in [0.2, 0.25) is 0 Å². The number of amides is 1. The quantitative estimate of drug-likeness (QED) is 0.831. The molecule has 1 heterocycles. The van der Waals surface area contributed by atoms with Gasteiger partial charge in [-0.2, -0.15) is 0 Å². The van der Waals surface area contributed by atoms with E-state index in [1.165, 1.54) is 44.9 Å². The zero-order valence-corrected chi connectivity index (χ0v) is 12.5. The molecular weight excluding hydrogens is 236 g/mol. The van der Waals surface area contributed by atoms with Gasteiger partial charge in [0.25, 0.3) is 0 Å². The molecule has 1 unspecified atom stereocenters. The Bertz CT molecular complexity index is 341. The highest BCUT2D eigenvalue weighted by Gasteiger charge is 2.52. The molecule has 19 heavy (non-hydrogen) atoms. The van der Waals surface area contributed by atoms with Crippen molar-refractivity contribution in [3.8, 4) is 0 Å². The summed E-state index contributed by atoms with van der Waals surface area (Å²) in [5, 5.41) is 3.63. The maximum absolute atomic E-state index is 12.9. The van der Waals surface area contributed by atoms with Gasteiger partial charge in [0.15, 0.2) is 0 Å². The molecule has 108 valence electrons. The number of nitrogens with one attached hydrogen (secondary N) is 1. The molecule has 1 amide bonds. The number of nitrogens with zero attached hydrogens (tertiary/aromatic N) is 1. The van der Waals surface area contributed by atoms with Gasteiger partial charge in [-0.15, -0.1) is 0 Å². The summed E-state index contributed by atoms with van der Waals surface area (Å²) < 4.78 is 0. The third-order valence-corrected chi connectivity index (χ3v) is 5.79. The van der Waals surface area contributed by atoms with Crippen molar-refractivity contribution in [3.63, 3.8) is 0 Å². The van der Waals surface area contributed by atoms with Gasteiger partial charge in [-0.25, -0.2) is 0 Å². The summed E-state index contributed by atoms with van der Waals surface area (Å²) in [6, 6.07) is 0.498. The van der Waals surface area contributed by atoms with Crippen LogP contribution >= 0.6 is 0 Å². The minimum Gasteiger partial charge on any atom is -0.323 e. The molecule has 1 spiro atoms. The van der Waals surface area contributed by atoms with E-state index in [-0.39, 0.29) is 11.7 Å². The fourth-order valence-electron chi connectivity index (χ4n) is 4.60. The maximum atomic E-state index is 12.9. The van der Waals surface area contributed by atoms with Crippen LogP contribution < -0.4 is 5.32 Å². The minimum absolute atomic E-state index is 0.180. The first-order valence-electron chi connectivity index (χ1n) is 8.27. The van der Waals surface area contributed by atoms with E-state index in [1.807, 2.05) is 0 Å². The van der Waals surface area contributed by atoms with Crippen molar-refractivity contribution in [1.82, 2.24) is 10.2 Å². The van der Waals surface area contributed by atoms with E-state index in [2.05, 4.69) is 24.1 Å². The van der Waals surface area contributed by atoms with Gasteiger partial charge in [0.05, 0.1) is 11.7 Å². The molecule has 1 aliphatic heterocycles. The largest absolute Gasteiger partial charge is 0.323 e. The predicted molar refractivity (Wildman–Crippen MR) is 76.7 cm³/mol. The molecule has 3 rings (SSSR count). The van der Waals surface area contributed by atoms with E-state index in [0.717, 1.165) is 18.8 Å². The van der Waals surface area contributed by atoms with Gasteiger partial charge in [0.2, 0.25) is 5.91 Å². The highest BCUT2D eigenvalue weighted by atomic mass is 16.2. The molecule has 0 aromatic carbocycles. The van der Waals surface area contributed by atoms with Gasteiger partial charge in [0.1, 0.15) is 0 Å². The Morgan fingerprint density at radius 3 is 2.42 bits per heavy atom. The Morgan fingerprint density at radius 2 is 1.84 bits per heavy atom. The Kier molecular flexibility index (Phi) is 3.59. The lowest BCUT2D eigenvalue weighted by Crippen LogP contribution is -2.46. The van der Waals surface area contributed by atoms with Crippen molar-refractivity contribution in [2.75, 3.05) is 0 Å². The number of hydrogen-bond acceptors (Lipinski definition) is 2. The highest BCUT2D eigenvalue weighted by Crippen LogP contribution is 2.39. The second kappa shape index (κ2) is 5.08. The molecule has 1 atom stereocenters. The highest BCUT2D eigenvalue weighted by molar-refractivity contribution is 5.89. The van der Waals surface area contributed by atoms with Crippen molar-refractivity contribution in [1.29, 1.82) is 0 Å². The lowest BCUT2D eigenvalue weighted by atomic mass is 9.83. The van der Waals surface area contributed by atoms with Gasteiger partial charge in [-0.3, -0.25) is 10.1 Å². The molecule has 0 bridgehead atoms. The average molecular weight is 264 g/mol. The molecule has 2 saturated carbocycles. The van der Waals surface area contributed by atoms with Gasteiger partial charge < -0.3 is 4.90 Å². The van der Waals surface area contributed by atoms with Gasteiger partial charge >= 0.3 is 0 Å². The van der Waals surface area contributed by atoms with Crippen LogP contribution in [-0.2, 0) is 4.79 Å². The lowest BCUT2D eigenvalue weighted by Gasteiger charge is -2.36. The maximum Gasteiger partial charge on any atom is 0.244 e. The molecule has 1 saturated heterocycles. The first-order valence-corrected chi connectivity index (χ1v) is 8.27. The molecule has 3 fully saturated rings. The molecule has 3 heteroatoms. The second-order valence-corrected chi connectivity index (χ2v) is 6.90. The van der Waals surface area contributed by atoms with Crippen LogP contribution in [0.25, 0.3) is 0 Å². The Morgan fingerprint density at radius 1 is 1.21 bits per heavy atom. The van der Waals surface area contributed by atoms with Crippen molar-refractivity contribution >= 4 is 5.91 Å². The summed E-state index contributed by atoms with van der Waals surface area (Å²) in [5.74, 6) is 1.31. The van der Waals surface area contributed by atoms with Gasteiger partial charge in [-0.1, -0.05) is 26.2 Å². The zero-order chi connectivity index (χ0) is 13.5. The van der Waals surface area contributed by atoms with Crippen molar-refractivity contribution < 1.29 is 4.79 Å². The van der Waals surface area contributed by atoms with E-state index < -0.39 is 0 Å². The van der Waals surface area contributed by atoms with E-state index in [9.17, 15) is 4.79 Å². The predicted octanol–water partition coefficient (Wildman–Crippen LogP) is 3.05.